The number of amides is 1. The second-order valence-corrected chi connectivity index (χ2v) is 6.56. The minimum absolute atomic E-state index is 0.0576. The van der Waals surface area contributed by atoms with Crippen molar-refractivity contribution in [2.45, 2.75) is 13.8 Å². The first-order valence-corrected chi connectivity index (χ1v) is 9.09. The number of hydrogen-bond donors (Lipinski definition) is 2. The normalized spacial score (nSPS) is 15.6. The van der Waals surface area contributed by atoms with Crippen LogP contribution in [0.25, 0.3) is 5.70 Å². The van der Waals surface area contributed by atoms with E-state index in [1.165, 1.54) is 13.0 Å². The lowest BCUT2D eigenvalue weighted by molar-refractivity contribution is -0.112. The highest BCUT2D eigenvalue weighted by Crippen LogP contribution is 2.28. The van der Waals surface area contributed by atoms with E-state index in [-0.39, 0.29) is 23.2 Å². The monoisotopic (exact) mass is 414 g/mol. The molecule has 0 bridgehead atoms. The molecule has 0 saturated heterocycles. The molecule has 1 aliphatic rings. The minimum atomic E-state index is -0.625. The highest BCUT2D eigenvalue weighted by molar-refractivity contribution is 6.37. The van der Waals surface area contributed by atoms with Gasteiger partial charge < -0.3 is 15.6 Å². The topological polar surface area (TPSA) is 101 Å². The third-order valence-corrected chi connectivity index (χ3v) is 4.16. The quantitative estimate of drug-likeness (QED) is 0.403. The minimum Gasteiger partial charge on any atom is -0.507 e. The van der Waals surface area contributed by atoms with Crippen LogP contribution in [0.5, 0.6) is 5.75 Å². The van der Waals surface area contributed by atoms with Crippen molar-refractivity contribution in [1.29, 1.82) is 0 Å². The molecule has 0 unspecified atom stereocenters. The zero-order valence-corrected chi connectivity index (χ0v) is 17.3. The summed E-state index contributed by atoms with van der Waals surface area (Å²) in [6.07, 6.45) is 4.82. The molecule has 0 radical (unpaired) electrons. The van der Waals surface area contributed by atoms with E-state index in [0.29, 0.717) is 22.7 Å². The van der Waals surface area contributed by atoms with Crippen molar-refractivity contribution in [3.05, 3.63) is 71.0 Å². The van der Waals surface area contributed by atoms with E-state index in [4.69, 9.17) is 22.1 Å². The average Bonchev–Trinajstić information content (AvgIpc) is 2.68. The summed E-state index contributed by atoms with van der Waals surface area (Å²) in [7, 11) is 1.58. The Balaban J connectivity index is 2.57. The molecule has 1 aromatic rings. The molecule has 3 N–H and O–H groups in total. The summed E-state index contributed by atoms with van der Waals surface area (Å²) in [6, 6.07) is 7.38. The number of aliphatic hydroxyl groups is 1. The second-order valence-electron chi connectivity index (χ2n) is 6.07. The fourth-order valence-electron chi connectivity index (χ4n) is 2.62. The van der Waals surface area contributed by atoms with E-state index >= 15 is 0 Å². The Labute approximate surface area is 174 Å². The summed E-state index contributed by atoms with van der Waals surface area (Å²) >= 11 is 5.78. The number of primary amides is 1. The number of halogens is 1. The van der Waals surface area contributed by atoms with Gasteiger partial charge >= 0.3 is 0 Å². The lowest BCUT2D eigenvalue weighted by Gasteiger charge is -2.26. The Hall–Kier alpha value is -3.32. The lowest BCUT2D eigenvalue weighted by atomic mass is 10.0. The maximum Gasteiger partial charge on any atom is 0.264 e. The number of aliphatic imine (C=N–C) groups is 1. The largest absolute Gasteiger partial charge is 0.507 e. The van der Waals surface area contributed by atoms with Crippen molar-refractivity contribution < 1.29 is 14.6 Å². The number of hydrogen-bond acceptors (Lipinski definition) is 6. The third-order valence-electron chi connectivity index (χ3n) is 4.05. The molecule has 1 aromatic carbocycles. The van der Waals surface area contributed by atoms with Crippen LogP contribution >= 0.6 is 11.6 Å². The zero-order chi connectivity index (χ0) is 21.6. The molecule has 0 atom stereocenters. The van der Waals surface area contributed by atoms with E-state index in [1.54, 1.807) is 31.2 Å². The molecule has 1 amide bonds. The van der Waals surface area contributed by atoms with Gasteiger partial charge in [0.2, 0.25) is 0 Å². The Morgan fingerprint density at radius 2 is 2.21 bits per heavy atom. The van der Waals surface area contributed by atoms with E-state index in [2.05, 4.69) is 16.7 Å². The fourth-order valence-corrected chi connectivity index (χ4v) is 2.72. The van der Waals surface area contributed by atoms with Crippen LogP contribution in [-0.2, 0) is 4.79 Å². The molecule has 0 aromatic heterocycles. The van der Waals surface area contributed by atoms with Crippen LogP contribution in [0.1, 0.15) is 19.4 Å². The number of methoxy groups -OCH3 is 1. The van der Waals surface area contributed by atoms with E-state index < -0.39 is 5.91 Å². The van der Waals surface area contributed by atoms with Gasteiger partial charge in [0.1, 0.15) is 23.9 Å². The maximum absolute atomic E-state index is 11.4. The van der Waals surface area contributed by atoms with Gasteiger partial charge in [-0.3, -0.25) is 9.79 Å². The van der Waals surface area contributed by atoms with Gasteiger partial charge in [0.05, 0.1) is 18.5 Å². The van der Waals surface area contributed by atoms with Crippen molar-refractivity contribution in [3.63, 3.8) is 0 Å². The molecular formula is C21H23ClN4O3. The van der Waals surface area contributed by atoms with Crippen LogP contribution in [0.2, 0.25) is 0 Å². The van der Waals surface area contributed by atoms with Gasteiger partial charge in [-0.25, -0.2) is 5.01 Å². The van der Waals surface area contributed by atoms with Crippen LogP contribution in [-0.4, -0.2) is 41.2 Å². The predicted molar refractivity (Wildman–Crippen MR) is 117 cm³/mol. The van der Waals surface area contributed by atoms with Crippen molar-refractivity contribution in [1.82, 2.24) is 5.01 Å². The highest BCUT2D eigenvalue weighted by atomic mass is 35.5. The summed E-state index contributed by atoms with van der Waals surface area (Å²) in [5, 5.41) is 16.4. The van der Waals surface area contributed by atoms with Gasteiger partial charge in [-0.15, -0.1) is 0 Å². The fraction of sp³-hybridized carbons (Fsp3) is 0.190. The molecule has 0 fully saturated rings. The van der Waals surface area contributed by atoms with Crippen molar-refractivity contribution >= 4 is 34.6 Å². The van der Waals surface area contributed by atoms with Crippen LogP contribution in [0.4, 0.5) is 0 Å². The summed E-state index contributed by atoms with van der Waals surface area (Å²) in [4.78, 5) is 15.9. The molecule has 152 valence electrons. The lowest BCUT2D eigenvalue weighted by Crippen LogP contribution is -2.28. The third kappa shape index (κ3) is 5.58. The Morgan fingerprint density at radius 3 is 2.79 bits per heavy atom. The van der Waals surface area contributed by atoms with Crippen LogP contribution in [0.15, 0.2) is 75.5 Å². The number of hydrazone groups is 1. The summed E-state index contributed by atoms with van der Waals surface area (Å²) in [6.45, 7) is 6.99. The molecule has 0 aliphatic carbocycles. The van der Waals surface area contributed by atoms with Crippen molar-refractivity contribution in [2.75, 3.05) is 13.8 Å². The number of nitrogens with two attached hydrogens (primary N) is 1. The predicted octanol–water partition coefficient (Wildman–Crippen LogP) is 3.75. The van der Waals surface area contributed by atoms with Gasteiger partial charge in [-0.2, -0.15) is 5.10 Å². The smallest absolute Gasteiger partial charge is 0.264 e. The molecule has 1 aliphatic heterocycles. The first-order valence-electron chi connectivity index (χ1n) is 8.72. The molecule has 29 heavy (non-hydrogen) atoms. The van der Waals surface area contributed by atoms with Gasteiger partial charge in [-0.05, 0) is 38.1 Å². The highest BCUT2D eigenvalue weighted by Gasteiger charge is 2.21. The number of allylic oxidation sites excluding steroid dienone is 5. The first-order chi connectivity index (χ1) is 13.8. The zero-order valence-electron chi connectivity index (χ0n) is 16.5. The number of carbonyl (C=O) groups is 1. The molecule has 2 rings (SSSR count). The van der Waals surface area contributed by atoms with Crippen LogP contribution in [0, 0.1) is 0 Å². The van der Waals surface area contributed by atoms with E-state index in [9.17, 15) is 9.90 Å². The molecule has 1 heterocycles. The number of carbonyl (C=O) groups excluding carboxylic acids is 1. The molecule has 8 heteroatoms. The molecular weight excluding hydrogens is 392 g/mol. The van der Waals surface area contributed by atoms with Crippen LogP contribution in [0.3, 0.4) is 0 Å². The van der Waals surface area contributed by atoms with Gasteiger partial charge in [-0.1, -0.05) is 36.4 Å². The molecule has 7 nitrogen and oxygen atoms in total. The number of ether oxygens (including phenoxy) is 1. The average molecular weight is 415 g/mol. The molecule has 0 spiro atoms. The number of benzene rings is 1. The van der Waals surface area contributed by atoms with Gasteiger partial charge in [0, 0.05) is 16.2 Å². The number of aliphatic hydroxyl groups excluding tert-OH is 1. The standard InChI is InChI=1S/C21H23ClN4O3/c1-5-17(20(27)9-13(2)22)18-11-19(15-7-6-8-16(10-15)29-4)26(12-24-18)25-14(3)21(23)28/h5-11,27H,2,12H2,1,3-4H3,(H2,23,28)/b17-5-,20-9+,25-14+. The van der Waals surface area contributed by atoms with Gasteiger partial charge in [0.25, 0.3) is 5.91 Å². The SMILES string of the molecule is C=C(Cl)/C=C(O)\C(=C/C)C1=NCN(/N=C(\C)C(N)=O)C(c2cccc(OC)c2)=C1. The molecule has 0 saturated carbocycles. The summed E-state index contributed by atoms with van der Waals surface area (Å²) in [5.74, 6) is -0.0201. The van der Waals surface area contributed by atoms with Gasteiger partial charge in [0.15, 0.2) is 0 Å². The van der Waals surface area contributed by atoms with E-state index in [1.807, 2.05) is 24.3 Å². The maximum atomic E-state index is 11.4. The number of rotatable bonds is 7. The van der Waals surface area contributed by atoms with E-state index in [0.717, 1.165) is 5.56 Å². The second kappa shape index (κ2) is 9.75. The summed E-state index contributed by atoms with van der Waals surface area (Å²) in [5.41, 5.74) is 7.93. The Kier molecular flexibility index (Phi) is 7.39. The Bertz CT molecular complexity index is 974. The number of nitrogens with zero attached hydrogens (tertiary/aromatic N) is 3. The first kappa shape index (κ1) is 22.0. The summed E-state index contributed by atoms with van der Waals surface area (Å²) < 4.78 is 5.31. The van der Waals surface area contributed by atoms with Crippen LogP contribution < -0.4 is 10.5 Å². The van der Waals surface area contributed by atoms with Crippen molar-refractivity contribution in [3.8, 4) is 5.75 Å². The Morgan fingerprint density at radius 1 is 1.48 bits per heavy atom. The van der Waals surface area contributed by atoms with Crippen molar-refractivity contribution in [2.24, 2.45) is 15.8 Å².